The minimum Gasteiger partial charge on any atom is -0.340 e. The normalized spacial score (nSPS) is 22.4. The van der Waals surface area contributed by atoms with E-state index in [0.717, 1.165) is 37.8 Å². The van der Waals surface area contributed by atoms with Gasteiger partial charge in [-0.05, 0) is 43.9 Å². The van der Waals surface area contributed by atoms with Crippen molar-refractivity contribution in [1.82, 2.24) is 9.80 Å². The molecule has 3 atom stereocenters. The summed E-state index contributed by atoms with van der Waals surface area (Å²) >= 11 is 0. The number of amides is 1. The lowest BCUT2D eigenvalue weighted by Crippen LogP contribution is -2.56. The molecule has 0 aliphatic carbocycles. The largest absolute Gasteiger partial charge is 0.340 e. The monoisotopic (exact) mass is 434 g/mol. The van der Waals surface area contributed by atoms with Crippen molar-refractivity contribution < 1.29 is 4.79 Å². The molecule has 0 spiro atoms. The van der Waals surface area contributed by atoms with E-state index < -0.39 is 0 Å². The molecule has 2 fully saturated rings. The van der Waals surface area contributed by atoms with Crippen LogP contribution in [0.5, 0.6) is 0 Å². The molecule has 0 aromatic rings. The third-order valence-corrected chi connectivity index (χ3v) is 8.03. The van der Waals surface area contributed by atoms with Crippen LogP contribution in [-0.4, -0.2) is 47.4 Å². The lowest BCUT2D eigenvalue weighted by molar-refractivity contribution is -0.135. The first-order valence-corrected chi connectivity index (χ1v) is 14.1. The van der Waals surface area contributed by atoms with Gasteiger partial charge in [-0.1, -0.05) is 91.9 Å². The van der Waals surface area contributed by atoms with Crippen molar-refractivity contribution >= 4 is 5.91 Å². The topological polar surface area (TPSA) is 23.6 Å². The Morgan fingerprint density at radius 1 is 0.774 bits per heavy atom. The van der Waals surface area contributed by atoms with E-state index in [0.29, 0.717) is 18.0 Å². The van der Waals surface area contributed by atoms with Crippen molar-refractivity contribution in [2.45, 2.75) is 143 Å². The van der Waals surface area contributed by atoms with Crippen molar-refractivity contribution in [3.63, 3.8) is 0 Å². The highest BCUT2D eigenvalue weighted by Gasteiger charge is 2.41. The van der Waals surface area contributed by atoms with E-state index >= 15 is 0 Å². The number of fused-ring (bicyclic) bond motifs is 2. The lowest BCUT2D eigenvalue weighted by Gasteiger charge is -2.42. The first-order chi connectivity index (χ1) is 15.1. The van der Waals surface area contributed by atoms with Crippen LogP contribution in [0.25, 0.3) is 0 Å². The number of carbonyl (C=O) groups is 1. The van der Waals surface area contributed by atoms with E-state index in [2.05, 4.69) is 37.5 Å². The standard InChI is InChI=1S/C28H54N2O/c1-5-8-11-16-25(17-12-9-6-2)21-30-26-19-20-27(30)23-29(22-26)28(31)18-13-15-24(4)14-10-7-3/h24-27H,5-23H2,1-4H3/t24?,26-,27+. The lowest BCUT2D eigenvalue weighted by atomic mass is 9.93. The minimum absolute atomic E-state index is 0.432. The Bertz CT molecular complexity index is 456. The average molecular weight is 435 g/mol. The van der Waals surface area contributed by atoms with Gasteiger partial charge in [-0.25, -0.2) is 0 Å². The van der Waals surface area contributed by atoms with Gasteiger partial charge >= 0.3 is 0 Å². The van der Waals surface area contributed by atoms with E-state index in [1.165, 1.54) is 96.4 Å². The highest BCUT2D eigenvalue weighted by molar-refractivity contribution is 5.76. The summed E-state index contributed by atoms with van der Waals surface area (Å²) in [5, 5.41) is 0. The molecule has 0 N–H and O–H groups in total. The van der Waals surface area contributed by atoms with E-state index in [9.17, 15) is 4.79 Å². The van der Waals surface area contributed by atoms with Gasteiger partial charge in [0.15, 0.2) is 0 Å². The molecule has 182 valence electrons. The molecule has 2 bridgehead atoms. The summed E-state index contributed by atoms with van der Waals surface area (Å²) in [6.07, 6.45) is 20.7. The number of hydrogen-bond acceptors (Lipinski definition) is 2. The number of carbonyl (C=O) groups excluding carboxylic acids is 1. The van der Waals surface area contributed by atoms with E-state index in [1.807, 2.05) is 0 Å². The maximum atomic E-state index is 12.9. The number of likely N-dealkylation sites (tertiary alicyclic amines) is 1. The summed E-state index contributed by atoms with van der Waals surface area (Å²) in [7, 11) is 0. The van der Waals surface area contributed by atoms with Crippen LogP contribution in [0, 0.1) is 11.8 Å². The fourth-order valence-corrected chi connectivity index (χ4v) is 5.94. The number of nitrogens with zero attached hydrogens (tertiary/aromatic N) is 2. The Balaban J connectivity index is 1.77. The molecule has 0 radical (unpaired) electrons. The van der Waals surface area contributed by atoms with E-state index in [4.69, 9.17) is 0 Å². The molecule has 2 saturated heterocycles. The summed E-state index contributed by atoms with van der Waals surface area (Å²) in [6.45, 7) is 12.5. The molecule has 1 unspecified atom stereocenters. The highest BCUT2D eigenvalue weighted by atomic mass is 16.2. The maximum absolute atomic E-state index is 12.9. The van der Waals surface area contributed by atoms with Crippen LogP contribution in [0.3, 0.4) is 0 Å². The highest BCUT2D eigenvalue weighted by Crippen LogP contribution is 2.33. The third kappa shape index (κ3) is 9.44. The summed E-state index contributed by atoms with van der Waals surface area (Å²) in [5.41, 5.74) is 0. The first-order valence-electron chi connectivity index (χ1n) is 14.1. The zero-order chi connectivity index (χ0) is 22.5. The number of piperazine rings is 1. The summed E-state index contributed by atoms with van der Waals surface area (Å²) in [6, 6.07) is 1.26. The van der Waals surface area contributed by atoms with Gasteiger partial charge in [0.05, 0.1) is 0 Å². The van der Waals surface area contributed by atoms with Crippen LogP contribution in [0.2, 0.25) is 0 Å². The molecule has 3 nitrogen and oxygen atoms in total. The second-order valence-electron chi connectivity index (χ2n) is 10.9. The number of unbranched alkanes of at least 4 members (excludes halogenated alkanes) is 5. The van der Waals surface area contributed by atoms with Crippen molar-refractivity contribution in [3.8, 4) is 0 Å². The van der Waals surface area contributed by atoms with Gasteiger partial charge in [0.25, 0.3) is 0 Å². The Morgan fingerprint density at radius 3 is 1.87 bits per heavy atom. The van der Waals surface area contributed by atoms with Crippen LogP contribution >= 0.6 is 0 Å². The molecule has 2 aliphatic heterocycles. The molecule has 3 heteroatoms. The van der Waals surface area contributed by atoms with Crippen molar-refractivity contribution in [2.75, 3.05) is 19.6 Å². The van der Waals surface area contributed by atoms with Crippen molar-refractivity contribution in [2.24, 2.45) is 11.8 Å². The molecule has 2 aliphatic rings. The van der Waals surface area contributed by atoms with Crippen molar-refractivity contribution in [1.29, 1.82) is 0 Å². The number of hydrogen-bond donors (Lipinski definition) is 0. The molecular formula is C28H54N2O. The third-order valence-electron chi connectivity index (χ3n) is 8.03. The Labute approximate surface area is 194 Å². The van der Waals surface area contributed by atoms with Crippen LogP contribution in [-0.2, 0) is 4.79 Å². The maximum Gasteiger partial charge on any atom is 0.222 e. The molecule has 1 amide bonds. The zero-order valence-corrected chi connectivity index (χ0v) is 21.5. The van der Waals surface area contributed by atoms with Gasteiger partial charge in [-0.3, -0.25) is 9.69 Å². The molecule has 2 heterocycles. The van der Waals surface area contributed by atoms with E-state index in [-0.39, 0.29) is 0 Å². The SMILES string of the molecule is CCCCCC(CCCCC)CN1[C@@H]2CC[C@H]1CN(C(=O)CCCC(C)CCCC)C2. The molecule has 0 saturated carbocycles. The quantitative estimate of drug-likeness (QED) is 0.222. The fraction of sp³-hybridized carbons (Fsp3) is 0.964. The second kappa shape index (κ2) is 15.3. The Hall–Kier alpha value is -0.570. The van der Waals surface area contributed by atoms with Crippen LogP contribution in [0.4, 0.5) is 0 Å². The van der Waals surface area contributed by atoms with Gasteiger partial charge in [0, 0.05) is 38.1 Å². The van der Waals surface area contributed by atoms with E-state index in [1.54, 1.807) is 0 Å². The summed E-state index contributed by atoms with van der Waals surface area (Å²) in [5.74, 6) is 2.08. The Morgan fingerprint density at radius 2 is 1.32 bits per heavy atom. The molecule has 2 rings (SSSR count). The molecule has 0 aromatic heterocycles. The number of rotatable bonds is 17. The zero-order valence-electron chi connectivity index (χ0n) is 21.5. The predicted octanol–water partition coefficient (Wildman–Crippen LogP) is 7.44. The Kier molecular flexibility index (Phi) is 13.2. The van der Waals surface area contributed by atoms with Crippen LogP contribution in [0.1, 0.15) is 130 Å². The fourth-order valence-electron chi connectivity index (χ4n) is 5.94. The first kappa shape index (κ1) is 26.7. The molecule has 0 aromatic carbocycles. The molecule has 31 heavy (non-hydrogen) atoms. The van der Waals surface area contributed by atoms with Crippen molar-refractivity contribution in [3.05, 3.63) is 0 Å². The summed E-state index contributed by atoms with van der Waals surface area (Å²) in [4.78, 5) is 18.0. The average Bonchev–Trinajstić information content (AvgIpc) is 2.98. The van der Waals surface area contributed by atoms with Gasteiger partial charge in [-0.15, -0.1) is 0 Å². The predicted molar refractivity (Wildman–Crippen MR) is 134 cm³/mol. The van der Waals surface area contributed by atoms with Gasteiger partial charge in [0.1, 0.15) is 0 Å². The second-order valence-corrected chi connectivity index (χ2v) is 10.9. The van der Waals surface area contributed by atoms with Gasteiger partial charge in [0.2, 0.25) is 5.91 Å². The molecular weight excluding hydrogens is 380 g/mol. The smallest absolute Gasteiger partial charge is 0.222 e. The van der Waals surface area contributed by atoms with Crippen LogP contribution in [0.15, 0.2) is 0 Å². The van der Waals surface area contributed by atoms with Crippen LogP contribution < -0.4 is 0 Å². The summed E-state index contributed by atoms with van der Waals surface area (Å²) < 4.78 is 0. The minimum atomic E-state index is 0.432. The van der Waals surface area contributed by atoms with Gasteiger partial charge in [-0.2, -0.15) is 0 Å². The van der Waals surface area contributed by atoms with Gasteiger partial charge < -0.3 is 4.90 Å².